The summed E-state index contributed by atoms with van der Waals surface area (Å²) in [5, 5.41) is 6.44. The Morgan fingerprint density at radius 1 is 0.805 bits per heavy atom. The van der Waals surface area contributed by atoms with Crippen molar-refractivity contribution in [3.8, 4) is 23.0 Å². The minimum atomic E-state index is -0.574. The molecule has 0 bridgehead atoms. The Kier molecular flexibility index (Phi) is 8.01. The number of hydrogen-bond acceptors (Lipinski definition) is 7. The van der Waals surface area contributed by atoms with E-state index in [9.17, 15) is 9.59 Å². The van der Waals surface area contributed by atoms with Crippen LogP contribution in [0.4, 0.5) is 5.69 Å². The molecular weight excluding hydrogens is 520 g/mol. The molecular formula is C33H34N2O6. The van der Waals surface area contributed by atoms with Crippen molar-refractivity contribution in [3.05, 3.63) is 100 Å². The number of hydrogen-bond donors (Lipinski definition) is 2. The van der Waals surface area contributed by atoms with E-state index < -0.39 is 5.92 Å². The van der Waals surface area contributed by atoms with E-state index in [1.807, 2.05) is 61.5 Å². The Bertz CT molecular complexity index is 1560. The SMILES string of the molecule is COc1cccc([C@H]2C(C(=O)Nc3ccccc3OC)=C(C)NC3=C2C(=O)C[C@@H](c2ccc(OC)c(OC)c2)C3)c1. The fourth-order valence-corrected chi connectivity index (χ4v) is 5.77. The van der Waals surface area contributed by atoms with Gasteiger partial charge in [-0.3, -0.25) is 9.59 Å². The largest absolute Gasteiger partial charge is 0.497 e. The lowest BCUT2D eigenvalue weighted by Crippen LogP contribution is -2.37. The molecule has 0 unspecified atom stereocenters. The molecule has 0 radical (unpaired) electrons. The van der Waals surface area contributed by atoms with Gasteiger partial charge in [-0.1, -0.05) is 30.3 Å². The van der Waals surface area contributed by atoms with Crippen molar-refractivity contribution in [1.29, 1.82) is 0 Å². The summed E-state index contributed by atoms with van der Waals surface area (Å²) in [5.74, 6) is 1.50. The summed E-state index contributed by atoms with van der Waals surface area (Å²) in [6.45, 7) is 1.87. The van der Waals surface area contributed by atoms with Gasteiger partial charge in [-0.15, -0.1) is 0 Å². The van der Waals surface area contributed by atoms with Crippen LogP contribution < -0.4 is 29.6 Å². The van der Waals surface area contributed by atoms with Crippen molar-refractivity contribution in [2.75, 3.05) is 33.8 Å². The van der Waals surface area contributed by atoms with E-state index in [0.717, 1.165) is 16.8 Å². The molecule has 41 heavy (non-hydrogen) atoms. The fourth-order valence-electron chi connectivity index (χ4n) is 5.77. The molecule has 8 heteroatoms. The third kappa shape index (κ3) is 5.37. The first-order valence-corrected chi connectivity index (χ1v) is 13.4. The first kappa shape index (κ1) is 27.8. The number of methoxy groups -OCH3 is 4. The summed E-state index contributed by atoms with van der Waals surface area (Å²) in [4.78, 5) is 27.9. The van der Waals surface area contributed by atoms with Crippen LogP contribution in [0, 0.1) is 0 Å². The quantitative estimate of drug-likeness (QED) is 0.368. The molecule has 1 aliphatic carbocycles. The topological polar surface area (TPSA) is 95.1 Å². The van der Waals surface area contributed by atoms with Gasteiger partial charge in [0, 0.05) is 34.9 Å². The van der Waals surface area contributed by atoms with Crippen molar-refractivity contribution in [1.82, 2.24) is 5.32 Å². The molecule has 0 aromatic heterocycles. The van der Waals surface area contributed by atoms with Gasteiger partial charge in [0.1, 0.15) is 11.5 Å². The van der Waals surface area contributed by atoms with Crippen molar-refractivity contribution in [2.24, 2.45) is 0 Å². The summed E-state index contributed by atoms with van der Waals surface area (Å²) < 4.78 is 21.9. The van der Waals surface area contributed by atoms with Crippen LogP contribution >= 0.6 is 0 Å². The van der Waals surface area contributed by atoms with Crippen LogP contribution in [0.15, 0.2) is 89.3 Å². The number of dihydropyridines is 1. The lowest BCUT2D eigenvalue weighted by molar-refractivity contribution is -0.116. The number of para-hydroxylation sites is 2. The third-order valence-corrected chi connectivity index (χ3v) is 7.73. The first-order chi connectivity index (χ1) is 19.9. The number of ether oxygens (including phenoxy) is 4. The molecule has 0 saturated heterocycles. The van der Waals surface area contributed by atoms with Gasteiger partial charge in [-0.05, 0) is 66.8 Å². The lowest BCUT2D eigenvalue weighted by Gasteiger charge is -2.37. The van der Waals surface area contributed by atoms with E-state index in [0.29, 0.717) is 58.4 Å². The molecule has 0 saturated carbocycles. The predicted octanol–water partition coefficient (Wildman–Crippen LogP) is 5.72. The molecule has 1 amide bonds. The Balaban J connectivity index is 1.56. The number of anilines is 1. The zero-order chi connectivity index (χ0) is 29.1. The van der Waals surface area contributed by atoms with E-state index >= 15 is 0 Å². The maximum Gasteiger partial charge on any atom is 0.254 e. The maximum atomic E-state index is 14.0. The number of carbonyl (C=O) groups is 2. The predicted molar refractivity (Wildman–Crippen MR) is 157 cm³/mol. The van der Waals surface area contributed by atoms with Crippen LogP contribution in [-0.4, -0.2) is 40.1 Å². The Hall–Kier alpha value is -4.72. The van der Waals surface area contributed by atoms with Gasteiger partial charge in [0.25, 0.3) is 5.91 Å². The average molecular weight is 555 g/mol. The molecule has 2 N–H and O–H groups in total. The van der Waals surface area contributed by atoms with E-state index in [-0.39, 0.29) is 17.6 Å². The van der Waals surface area contributed by atoms with Crippen molar-refractivity contribution in [3.63, 3.8) is 0 Å². The van der Waals surface area contributed by atoms with Crippen molar-refractivity contribution < 1.29 is 28.5 Å². The van der Waals surface area contributed by atoms with Gasteiger partial charge < -0.3 is 29.6 Å². The zero-order valence-corrected chi connectivity index (χ0v) is 23.9. The molecule has 0 fully saturated rings. The van der Waals surface area contributed by atoms with Crippen LogP contribution in [0.3, 0.4) is 0 Å². The molecule has 0 spiro atoms. The fraction of sp³-hybridized carbons (Fsp3) is 0.273. The second kappa shape index (κ2) is 11.8. The molecule has 1 heterocycles. The Morgan fingerprint density at radius 2 is 1.56 bits per heavy atom. The number of allylic oxidation sites excluding steroid dienone is 3. The number of nitrogens with one attached hydrogen (secondary N) is 2. The highest BCUT2D eigenvalue weighted by molar-refractivity contribution is 6.10. The van der Waals surface area contributed by atoms with Crippen LogP contribution in [0.5, 0.6) is 23.0 Å². The van der Waals surface area contributed by atoms with E-state index in [2.05, 4.69) is 10.6 Å². The normalized spacial score (nSPS) is 18.3. The summed E-state index contributed by atoms with van der Waals surface area (Å²) in [6.07, 6.45) is 0.909. The Morgan fingerprint density at radius 3 is 2.29 bits per heavy atom. The molecule has 8 nitrogen and oxygen atoms in total. The lowest BCUT2D eigenvalue weighted by atomic mass is 9.71. The molecule has 2 atom stereocenters. The second-order valence-corrected chi connectivity index (χ2v) is 10.1. The molecule has 2 aliphatic rings. The molecule has 212 valence electrons. The average Bonchev–Trinajstić information content (AvgIpc) is 3.00. The van der Waals surface area contributed by atoms with E-state index in [4.69, 9.17) is 18.9 Å². The highest BCUT2D eigenvalue weighted by Gasteiger charge is 2.41. The van der Waals surface area contributed by atoms with Crippen LogP contribution in [-0.2, 0) is 9.59 Å². The summed E-state index contributed by atoms with van der Waals surface area (Å²) in [7, 11) is 6.35. The van der Waals surface area contributed by atoms with Gasteiger partial charge in [-0.25, -0.2) is 0 Å². The zero-order valence-electron chi connectivity index (χ0n) is 23.9. The molecule has 1 aliphatic heterocycles. The smallest absolute Gasteiger partial charge is 0.254 e. The van der Waals surface area contributed by atoms with Crippen molar-refractivity contribution in [2.45, 2.75) is 31.6 Å². The molecule has 5 rings (SSSR count). The summed E-state index contributed by atoms with van der Waals surface area (Å²) in [5.41, 5.74) is 4.92. The monoisotopic (exact) mass is 554 g/mol. The van der Waals surface area contributed by atoms with E-state index in [1.165, 1.54) is 0 Å². The number of rotatable bonds is 8. The number of amides is 1. The number of ketones is 1. The van der Waals surface area contributed by atoms with Crippen LogP contribution in [0.2, 0.25) is 0 Å². The van der Waals surface area contributed by atoms with Crippen LogP contribution in [0.1, 0.15) is 42.7 Å². The number of Topliss-reactive ketones (excluding diaryl/α,β-unsaturated/α-hetero) is 1. The van der Waals surface area contributed by atoms with Crippen molar-refractivity contribution >= 4 is 17.4 Å². The first-order valence-electron chi connectivity index (χ1n) is 13.4. The van der Waals surface area contributed by atoms with Gasteiger partial charge in [0.15, 0.2) is 17.3 Å². The second-order valence-electron chi connectivity index (χ2n) is 10.1. The van der Waals surface area contributed by atoms with Gasteiger partial charge in [0.05, 0.1) is 34.1 Å². The van der Waals surface area contributed by atoms with Gasteiger partial charge in [-0.2, -0.15) is 0 Å². The summed E-state index contributed by atoms with van der Waals surface area (Å²) >= 11 is 0. The van der Waals surface area contributed by atoms with E-state index in [1.54, 1.807) is 40.6 Å². The number of carbonyl (C=O) groups excluding carboxylic acids is 2. The standard InChI is InChI=1S/C33H34N2O6/c1-19-30(33(37)35-24-11-6-7-12-27(24)39-3)31(21-9-8-10-23(15-21)38-2)32-25(34-19)16-22(17-26(32)36)20-13-14-28(40-4)29(18-20)41-5/h6-15,18,22,31,34H,16-17H2,1-5H3,(H,35,37)/t22-,31-/m0/s1. The van der Waals surface area contributed by atoms with Gasteiger partial charge in [0.2, 0.25) is 0 Å². The van der Waals surface area contributed by atoms with Crippen LogP contribution in [0.25, 0.3) is 0 Å². The minimum Gasteiger partial charge on any atom is -0.497 e. The highest BCUT2D eigenvalue weighted by atomic mass is 16.5. The number of benzene rings is 3. The van der Waals surface area contributed by atoms with Gasteiger partial charge >= 0.3 is 0 Å². The molecule has 3 aromatic rings. The highest BCUT2D eigenvalue weighted by Crippen LogP contribution is 2.47. The Labute approximate surface area is 240 Å². The maximum absolute atomic E-state index is 14.0. The third-order valence-electron chi connectivity index (χ3n) is 7.73. The summed E-state index contributed by atoms with van der Waals surface area (Å²) in [6, 6.07) is 20.6. The molecule has 3 aromatic carbocycles. The minimum absolute atomic E-state index is 0.0125.